The Labute approximate surface area is 383 Å². The van der Waals surface area contributed by atoms with Gasteiger partial charge in [0.05, 0.1) is 19.8 Å². The van der Waals surface area contributed by atoms with Crippen molar-refractivity contribution in [2.75, 3.05) is 33.0 Å². The number of phosphoric acid groups is 1. The van der Waals surface area contributed by atoms with Crippen LogP contribution in [0.2, 0.25) is 0 Å². The van der Waals surface area contributed by atoms with Crippen LogP contribution in [0.4, 0.5) is 0 Å². The number of phosphoric ester groups is 1. The molecule has 0 aliphatic heterocycles. The second-order valence-corrected chi connectivity index (χ2v) is 18.8. The zero-order chi connectivity index (χ0) is 45.1. The number of unbranched alkanes of at least 4 members (excludes halogenated alkanes) is 29. The van der Waals surface area contributed by atoms with Crippen LogP contribution in [0.5, 0.6) is 0 Å². The van der Waals surface area contributed by atoms with Gasteiger partial charge in [0.25, 0.3) is 0 Å². The molecule has 0 spiro atoms. The molecule has 0 heterocycles. The van der Waals surface area contributed by atoms with E-state index in [0.29, 0.717) is 13.0 Å². The van der Waals surface area contributed by atoms with Crippen molar-refractivity contribution in [2.45, 2.75) is 251 Å². The molecular formula is C53H100NO7P. The first kappa shape index (κ1) is 60.5. The molecule has 0 amide bonds. The molecule has 0 aliphatic carbocycles. The normalized spacial score (nSPS) is 13.7. The minimum absolute atomic E-state index is 0.0953. The Morgan fingerprint density at radius 2 is 0.903 bits per heavy atom. The number of carbonyl (C=O) groups is 1. The Kier molecular flexibility index (Phi) is 49.2. The second-order valence-electron chi connectivity index (χ2n) is 17.4. The third-order valence-electron chi connectivity index (χ3n) is 11.3. The Balaban J connectivity index is 3.91. The van der Waals surface area contributed by atoms with Crippen molar-refractivity contribution in [3.05, 3.63) is 48.6 Å². The molecule has 0 aliphatic rings. The molecule has 0 aromatic carbocycles. The number of esters is 1. The Morgan fingerprint density at radius 1 is 0.500 bits per heavy atom. The van der Waals surface area contributed by atoms with Gasteiger partial charge in [-0.3, -0.25) is 13.8 Å². The number of rotatable bonds is 50. The lowest BCUT2D eigenvalue weighted by molar-refractivity contribution is -0.154. The van der Waals surface area contributed by atoms with Gasteiger partial charge in [-0.2, -0.15) is 0 Å². The number of carbonyl (C=O) groups excluding carboxylic acids is 1. The molecule has 0 aromatic heterocycles. The third-order valence-corrected chi connectivity index (χ3v) is 12.2. The maximum atomic E-state index is 12.7. The van der Waals surface area contributed by atoms with Crippen LogP contribution >= 0.6 is 7.82 Å². The summed E-state index contributed by atoms with van der Waals surface area (Å²) < 4.78 is 33.6. The van der Waals surface area contributed by atoms with Gasteiger partial charge in [-0.05, 0) is 51.4 Å². The zero-order valence-electron chi connectivity index (χ0n) is 40.6. The van der Waals surface area contributed by atoms with Crippen LogP contribution in [0.1, 0.15) is 245 Å². The van der Waals surface area contributed by atoms with E-state index in [1.807, 2.05) is 0 Å². The summed E-state index contributed by atoms with van der Waals surface area (Å²) in [5.41, 5.74) is 5.39. The maximum absolute atomic E-state index is 12.7. The summed E-state index contributed by atoms with van der Waals surface area (Å²) in [6.45, 7) is 4.85. The van der Waals surface area contributed by atoms with Crippen molar-refractivity contribution in [1.29, 1.82) is 0 Å². The summed E-state index contributed by atoms with van der Waals surface area (Å²) in [5.74, 6) is -0.327. The molecular weight excluding hydrogens is 794 g/mol. The summed E-state index contributed by atoms with van der Waals surface area (Å²) >= 11 is 0. The van der Waals surface area contributed by atoms with E-state index in [1.165, 1.54) is 167 Å². The Hall–Kier alpha value is -1.54. The van der Waals surface area contributed by atoms with Gasteiger partial charge in [-0.25, -0.2) is 4.57 Å². The van der Waals surface area contributed by atoms with Crippen molar-refractivity contribution in [2.24, 2.45) is 5.73 Å². The lowest BCUT2D eigenvalue weighted by Crippen LogP contribution is -2.28. The fourth-order valence-electron chi connectivity index (χ4n) is 7.46. The second kappa shape index (κ2) is 50.5. The van der Waals surface area contributed by atoms with Crippen LogP contribution in [-0.4, -0.2) is 49.9 Å². The van der Waals surface area contributed by atoms with Crippen molar-refractivity contribution in [3.63, 3.8) is 0 Å². The lowest BCUT2D eigenvalue weighted by Gasteiger charge is -2.20. The molecule has 0 radical (unpaired) electrons. The summed E-state index contributed by atoms with van der Waals surface area (Å²) in [7, 11) is -4.28. The summed E-state index contributed by atoms with van der Waals surface area (Å²) in [6, 6.07) is 0. The van der Waals surface area contributed by atoms with Gasteiger partial charge in [0.1, 0.15) is 6.10 Å². The van der Waals surface area contributed by atoms with Crippen LogP contribution < -0.4 is 5.73 Å². The van der Waals surface area contributed by atoms with E-state index in [9.17, 15) is 14.3 Å². The molecule has 62 heavy (non-hydrogen) atoms. The lowest BCUT2D eigenvalue weighted by atomic mass is 10.0. The Bertz CT molecular complexity index is 1090. The van der Waals surface area contributed by atoms with E-state index in [1.54, 1.807) is 0 Å². The van der Waals surface area contributed by atoms with Crippen LogP contribution in [0, 0.1) is 0 Å². The first-order chi connectivity index (χ1) is 30.4. The van der Waals surface area contributed by atoms with Crippen molar-refractivity contribution < 1.29 is 32.8 Å². The maximum Gasteiger partial charge on any atom is 0.472 e. The van der Waals surface area contributed by atoms with E-state index in [4.69, 9.17) is 24.3 Å². The number of allylic oxidation sites excluding steroid dienone is 8. The van der Waals surface area contributed by atoms with Crippen molar-refractivity contribution >= 4 is 13.8 Å². The molecule has 0 fully saturated rings. The number of nitrogens with two attached hydrogens (primary N) is 1. The van der Waals surface area contributed by atoms with Gasteiger partial charge >= 0.3 is 13.8 Å². The third kappa shape index (κ3) is 49.5. The van der Waals surface area contributed by atoms with Crippen molar-refractivity contribution in [1.82, 2.24) is 0 Å². The highest BCUT2D eigenvalue weighted by Gasteiger charge is 2.25. The number of hydrogen-bond donors (Lipinski definition) is 2. The average molecular weight is 894 g/mol. The highest BCUT2D eigenvalue weighted by atomic mass is 31.2. The topological polar surface area (TPSA) is 117 Å². The monoisotopic (exact) mass is 894 g/mol. The van der Waals surface area contributed by atoms with Crippen LogP contribution in [0.25, 0.3) is 0 Å². The number of hydrogen-bond acceptors (Lipinski definition) is 7. The molecule has 364 valence electrons. The fourth-order valence-corrected chi connectivity index (χ4v) is 8.23. The van der Waals surface area contributed by atoms with Gasteiger partial charge in [0, 0.05) is 19.6 Å². The van der Waals surface area contributed by atoms with E-state index >= 15 is 0 Å². The highest BCUT2D eigenvalue weighted by Crippen LogP contribution is 2.43. The van der Waals surface area contributed by atoms with Crippen LogP contribution in [-0.2, 0) is 27.9 Å². The molecule has 9 heteroatoms. The smallest absolute Gasteiger partial charge is 0.457 e. The van der Waals surface area contributed by atoms with E-state index in [0.717, 1.165) is 57.8 Å². The van der Waals surface area contributed by atoms with E-state index in [2.05, 4.69) is 62.5 Å². The molecule has 0 saturated carbocycles. The van der Waals surface area contributed by atoms with E-state index in [-0.39, 0.29) is 32.3 Å². The molecule has 2 unspecified atom stereocenters. The average Bonchev–Trinajstić information content (AvgIpc) is 3.26. The molecule has 0 aromatic rings. The minimum Gasteiger partial charge on any atom is -0.457 e. The summed E-state index contributed by atoms with van der Waals surface area (Å²) in [4.78, 5) is 22.6. The quantitative estimate of drug-likeness (QED) is 0.0268. The minimum atomic E-state index is -4.28. The highest BCUT2D eigenvalue weighted by molar-refractivity contribution is 7.47. The van der Waals surface area contributed by atoms with Gasteiger partial charge < -0.3 is 20.1 Å². The molecule has 0 bridgehead atoms. The molecule has 2 atom stereocenters. The van der Waals surface area contributed by atoms with E-state index < -0.39 is 13.9 Å². The number of ether oxygens (including phenoxy) is 2. The van der Waals surface area contributed by atoms with Crippen LogP contribution in [0.15, 0.2) is 48.6 Å². The standard InChI is InChI=1S/C53H100NO7P/c1-3-5-7-9-11-13-15-17-19-21-23-24-25-26-27-29-31-33-35-37-39-41-43-45-48-58-50-52(51-60-62(56,57)59-49-47-54)61-53(55)46-44-42-40-38-36-34-32-30-28-22-20-18-16-14-12-10-8-6-4-2/h5,7,11,13,17,19,23-24,52H,3-4,6,8-10,12,14-16,18,20-22,25-51,54H2,1-2H3,(H,56,57)/b7-5-,13-11-,19-17-,24-23-. The largest absolute Gasteiger partial charge is 0.472 e. The molecule has 0 saturated heterocycles. The predicted octanol–water partition coefficient (Wildman–Crippen LogP) is 16.3. The first-order valence-corrected chi connectivity index (χ1v) is 27.6. The molecule has 0 rings (SSSR count). The van der Waals surface area contributed by atoms with Crippen LogP contribution in [0.3, 0.4) is 0 Å². The SMILES string of the molecule is CC/C=C\C/C=C\C/C=C\C/C=C\CCCCCCCCCCCCCOCC(COP(=O)(O)OCCN)OC(=O)CCCCCCCCCCCCCCCCCCCCC. The fraction of sp³-hybridized carbons (Fsp3) is 0.830. The molecule has 8 nitrogen and oxygen atoms in total. The van der Waals surface area contributed by atoms with Gasteiger partial charge in [-0.15, -0.1) is 0 Å². The van der Waals surface area contributed by atoms with Gasteiger partial charge in [-0.1, -0.05) is 236 Å². The van der Waals surface area contributed by atoms with Gasteiger partial charge in [0.15, 0.2) is 0 Å². The van der Waals surface area contributed by atoms with Gasteiger partial charge in [0.2, 0.25) is 0 Å². The first-order valence-electron chi connectivity index (χ1n) is 26.1. The predicted molar refractivity (Wildman–Crippen MR) is 266 cm³/mol. The zero-order valence-corrected chi connectivity index (χ0v) is 41.5. The Morgan fingerprint density at radius 3 is 1.35 bits per heavy atom. The summed E-state index contributed by atoms with van der Waals surface area (Å²) in [6.07, 6.45) is 61.5. The van der Waals surface area contributed by atoms with Crippen molar-refractivity contribution in [3.8, 4) is 0 Å². The summed E-state index contributed by atoms with van der Waals surface area (Å²) in [5, 5.41) is 0. The molecule has 3 N–H and O–H groups in total.